The molecule has 0 amide bonds. The number of carbonyl (C=O) groups is 1. The van der Waals surface area contributed by atoms with Gasteiger partial charge in [0.1, 0.15) is 10.7 Å². The number of furan rings is 1. The molecule has 1 aromatic rings. The number of carboxylic acid groups (broad SMARTS) is 1. The van der Waals surface area contributed by atoms with Gasteiger partial charge in [-0.2, -0.15) is 4.31 Å². The highest BCUT2D eigenvalue weighted by Crippen LogP contribution is 2.28. The number of aryl methyl sites for hydroxylation is 1. The number of sulfonamides is 1. The molecule has 1 saturated heterocycles. The molecule has 1 N–H and O–H groups in total. The first-order valence-corrected chi connectivity index (χ1v) is 7.63. The van der Waals surface area contributed by atoms with Gasteiger partial charge in [-0.3, -0.25) is 0 Å². The Balaban J connectivity index is 2.41. The van der Waals surface area contributed by atoms with E-state index < -0.39 is 16.0 Å². The zero-order chi connectivity index (χ0) is 14.2. The minimum Gasteiger partial charge on any atom is -0.475 e. The summed E-state index contributed by atoms with van der Waals surface area (Å²) in [5, 5.41) is 8.85. The summed E-state index contributed by atoms with van der Waals surface area (Å²) in [5.41, 5.74) is 0. The quantitative estimate of drug-likeness (QED) is 0.916. The molecule has 1 aliphatic rings. The Labute approximate surface area is 112 Å². The van der Waals surface area contributed by atoms with E-state index >= 15 is 0 Å². The van der Waals surface area contributed by atoms with Crippen molar-refractivity contribution < 1.29 is 22.7 Å². The van der Waals surface area contributed by atoms with Gasteiger partial charge >= 0.3 is 5.97 Å². The Morgan fingerprint density at radius 3 is 2.68 bits per heavy atom. The Morgan fingerprint density at radius 1 is 1.47 bits per heavy atom. The van der Waals surface area contributed by atoms with E-state index in [0.717, 1.165) is 25.3 Å². The number of aromatic carboxylic acids is 1. The van der Waals surface area contributed by atoms with E-state index in [9.17, 15) is 13.2 Å². The second-order valence-electron chi connectivity index (χ2n) is 4.80. The third-order valence-electron chi connectivity index (χ3n) is 3.41. The lowest BCUT2D eigenvalue weighted by molar-refractivity contribution is 0.0661. The maximum absolute atomic E-state index is 12.5. The normalized spacial score (nSPS) is 21.5. The summed E-state index contributed by atoms with van der Waals surface area (Å²) in [7, 11) is -3.68. The Kier molecular flexibility index (Phi) is 3.69. The number of hydrogen-bond acceptors (Lipinski definition) is 4. The molecule has 2 heterocycles. The molecule has 1 fully saturated rings. The predicted molar refractivity (Wildman–Crippen MR) is 67.6 cm³/mol. The van der Waals surface area contributed by atoms with E-state index in [1.54, 1.807) is 0 Å². The second kappa shape index (κ2) is 4.97. The van der Waals surface area contributed by atoms with Crippen molar-refractivity contribution in [1.82, 2.24) is 4.31 Å². The van der Waals surface area contributed by atoms with E-state index in [-0.39, 0.29) is 22.5 Å². The summed E-state index contributed by atoms with van der Waals surface area (Å²) in [6.07, 6.45) is 2.66. The van der Waals surface area contributed by atoms with E-state index in [0.29, 0.717) is 6.54 Å². The van der Waals surface area contributed by atoms with E-state index in [1.807, 2.05) is 6.92 Å². The highest BCUT2D eigenvalue weighted by Gasteiger charge is 2.34. The zero-order valence-corrected chi connectivity index (χ0v) is 11.7. The molecule has 19 heavy (non-hydrogen) atoms. The lowest BCUT2D eigenvalue weighted by atomic mass is 10.1. The molecule has 2 rings (SSSR count). The minimum absolute atomic E-state index is 0.0429. The van der Waals surface area contributed by atoms with Gasteiger partial charge in [0.05, 0.1) is 0 Å². The highest BCUT2D eigenvalue weighted by molar-refractivity contribution is 7.89. The summed E-state index contributed by atoms with van der Waals surface area (Å²) in [6, 6.07) is 1.02. The second-order valence-corrected chi connectivity index (χ2v) is 6.66. The largest absolute Gasteiger partial charge is 0.475 e. The molecule has 106 valence electrons. The number of nitrogens with zero attached hydrogens (tertiary/aromatic N) is 1. The van der Waals surface area contributed by atoms with Crippen LogP contribution in [0.3, 0.4) is 0 Å². The van der Waals surface area contributed by atoms with Crippen molar-refractivity contribution in [3.63, 3.8) is 0 Å². The van der Waals surface area contributed by atoms with Gasteiger partial charge in [0.2, 0.25) is 15.8 Å². The van der Waals surface area contributed by atoms with Gasteiger partial charge in [-0.1, -0.05) is 6.42 Å². The van der Waals surface area contributed by atoms with Crippen molar-refractivity contribution in [2.45, 2.75) is 44.0 Å². The van der Waals surface area contributed by atoms with Crippen molar-refractivity contribution in [1.29, 1.82) is 0 Å². The first-order chi connectivity index (χ1) is 8.84. The van der Waals surface area contributed by atoms with Crippen LogP contribution in [0, 0.1) is 6.92 Å². The fourth-order valence-corrected chi connectivity index (χ4v) is 4.24. The third-order valence-corrected chi connectivity index (χ3v) is 5.53. The molecule has 6 nitrogen and oxygen atoms in total. The standard InChI is InChI=1S/C12H17NO5S/c1-8-5-3-4-6-13(8)19(16,17)11-7-10(12(14)15)18-9(11)2/h7-8H,3-6H2,1-2H3,(H,14,15). The SMILES string of the molecule is Cc1oc(C(=O)O)cc1S(=O)(=O)N1CCCCC1C. The van der Waals surface area contributed by atoms with Crippen LogP contribution in [0.15, 0.2) is 15.4 Å². The first-order valence-electron chi connectivity index (χ1n) is 6.19. The molecule has 1 unspecified atom stereocenters. The predicted octanol–water partition coefficient (Wildman–Crippen LogP) is 1.85. The van der Waals surface area contributed by atoms with Crippen molar-refractivity contribution >= 4 is 16.0 Å². The molecule has 1 atom stereocenters. The van der Waals surface area contributed by atoms with Crippen molar-refractivity contribution in [2.24, 2.45) is 0 Å². The molecule has 0 aliphatic carbocycles. The van der Waals surface area contributed by atoms with Gasteiger partial charge in [-0.25, -0.2) is 13.2 Å². The Hall–Kier alpha value is -1.34. The van der Waals surface area contributed by atoms with Crippen LogP contribution >= 0.6 is 0 Å². The van der Waals surface area contributed by atoms with Gasteiger partial charge in [0, 0.05) is 18.7 Å². The molecule has 0 aromatic carbocycles. The maximum Gasteiger partial charge on any atom is 0.371 e. The summed E-state index contributed by atoms with van der Waals surface area (Å²) >= 11 is 0. The Morgan fingerprint density at radius 2 is 2.16 bits per heavy atom. The van der Waals surface area contributed by atoms with Crippen molar-refractivity contribution in [3.8, 4) is 0 Å². The van der Waals surface area contributed by atoms with Crippen LogP contribution in [0.25, 0.3) is 0 Å². The smallest absolute Gasteiger partial charge is 0.371 e. The van der Waals surface area contributed by atoms with Crippen molar-refractivity contribution in [3.05, 3.63) is 17.6 Å². The van der Waals surface area contributed by atoms with Crippen LogP contribution in [0.2, 0.25) is 0 Å². The third kappa shape index (κ3) is 2.52. The van der Waals surface area contributed by atoms with Crippen LogP contribution in [-0.4, -0.2) is 36.4 Å². The zero-order valence-electron chi connectivity index (χ0n) is 10.9. The molecule has 0 saturated carbocycles. The van der Waals surface area contributed by atoms with Gasteiger partial charge in [-0.15, -0.1) is 0 Å². The average molecular weight is 287 g/mol. The van der Waals surface area contributed by atoms with Gasteiger partial charge < -0.3 is 9.52 Å². The van der Waals surface area contributed by atoms with Gasteiger partial charge in [0.15, 0.2) is 0 Å². The number of hydrogen-bond donors (Lipinski definition) is 1. The highest BCUT2D eigenvalue weighted by atomic mass is 32.2. The molecule has 0 radical (unpaired) electrons. The summed E-state index contributed by atoms with van der Waals surface area (Å²) in [6.45, 7) is 3.80. The van der Waals surface area contributed by atoms with E-state index in [4.69, 9.17) is 9.52 Å². The first kappa shape index (κ1) is 14.1. The number of carboxylic acids is 1. The van der Waals surface area contributed by atoms with Gasteiger partial charge in [-0.05, 0) is 26.7 Å². The van der Waals surface area contributed by atoms with Crippen LogP contribution < -0.4 is 0 Å². The monoisotopic (exact) mass is 287 g/mol. The molecular weight excluding hydrogens is 270 g/mol. The fourth-order valence-electron chi connectivity index (χ4n) is 2.38. The van der Waals surface area contributed by atoms with Crippen LogP contribution in [0.1, 0.15) is 42.5 Å². The number of rotatable bonds is 3. The summed E-state index contributed by atoms with van der Waals surface area (Å²) < 4.78 is 31.5. The molecule has 0 spiro atoms. The van der Waals surface area contributed by atoms with E-state index in [1.165, 1.54) is 11.2 Å². The topological polar surface area (TPSA) is 87.8 Å². The minimum atomic E-state index is -3.68. The van der Waals surface area contributed by atoms with Gasteiger partial charge in [0.25, 0.3) is 0 Å². The average Bonchev–Trinajstić information content (AvgIpc) is 2.72. The summed E-state index contributed by atoms with van der Waals surface area (Å²) in [4.78, 5) is 10.8. The fraction of sp³-hybridized carbons (Fsp3) is 0.583. The van der Waals surface area contributed by atoms with E-state index in [2.05, 4.69) is 0 Å². The lowest BCUT2D eigenvalue weighted by Crippen LogP contribution is -2.41. The van der Waals surface area contributed by atoms with Crippen LogP contribution in [0.5, 0.6) is 0 Å². The van der Waals surface area contributed by atoms with Crippen LogP contribution in [0.4, 0.5) is 0 Å². The summed E-state index contributed by atoms with van der Waals surface area (Å²) in [5.74, 6) is -1.49. The Bertz CT molecular complexity index is 589. The molecule has 1 aliphatic heterocycles. The lowest BCUT2D eigenvalue weighted by Gasteiger charge is -2.31. The van der Waals surface area contributed by atoms with Crippen LogP contribution in [-0.2, 0) is 10.0 Å². The molecular formula is C12H17NO5S. The number of piperidine rings is 1. The maximum atomic E-state index is 12.5. The molecule has 7 heteroatoms. The van der Waals surface area contributed by atoms with Crippen molar-refractivity contribution in [2.75, 3.05) is 6.54 Å². The molecule has 1 aromatic heterocycles. The molecule has 0 bridgehead atoms.